The van der Waals surface area contributed by atoms with Crippen LogP contribution in [0.25, 0.3) is 0 Å². The van der Waals surface area contributed by atoms with E-state index in [1.165, 1.54) is 20.5 Å². The van der Waals surface area contributed by atoms with Crippen molar-refractivity contribution in [1.82, 2.24) is 67.8 Å². The van der Waals surface area contributed by atoms with E-state index < -0.39 is 0 Å². The summed E-state index contributed by atoms with van der Waals surface area (Å²) in [5.41, 5.74) is 2.78. The van der Waals surface area contributed by atoms with Crippen LogP contribution in [0.5, 0.6) is 0 Å². The minimum absolute atomic E-state index is 0.228. The summed E-state index contributed by atoms with van der Waals surface area (Å²) in [4.78, 5) is 0. The summed E-state index contributed by atoms with van der Waals surface area (Å²) < 4.78 is 0. The van der Waals surface area contributed by atoms with E-state index in [1.807, 2.05) is 0 Å². The van der Waals surface area contributed by atoms with Gasteiger partial charge in [0, 0.05) is 24.2 Å². The molecule has 2 fully saturated rings. The Balaban J connectivity index is 2.44. The maximum atomic E-state index is 6.28. The molecule has 2 bridgehead atoms. The summed E-state index contributed by atoms with van der Waals surface area (Å²) in [6.45, 7) is 0. The summed E-state index contributed by atoms with van der Waals surface area (Å²) in [6.07, 6.45) is 7.62. The first-order valence-corrected chi connectivity index (χ1v) is 14.0. The summed E-state index contributed by atoms with van der Waals surface area (Å²) in [7, 11) is 0. The Kier molecular flexibility index (Phi) is 16.1. The van der Waals surface area contributed by atoms with Gasteiger partial charge in [0.2, 0.25) is 0 Å². The van der Waals surface area contributed by atoms with Crippen molar-refractivity contribution in [1.29, 1.82) is 0 Å². The van der Waals surface area contributed by atoms with Crippen LogP contribution in [0.2, 0.25) is 0 Å². The van der Waals surface area contributed by atoms with Crippen molar-refractivity contribution in [3.63, 3.8) is 0 Å². The average molecular weight is 628 g/mol. The largest absolute Gasteiger partial charge is 0.239 e. The van der Waals surface area contributed by atoms with Crippen LogP contribution in [0.1, 0.15) is 77.0 Å². The van der Waals surface area contributed by atoms with Crippen LogP contribution >= 0.6 is 0 Å². The Hall–Kier alpha value is -1.08. The van der Waals surface area contributed by atoms with E-state index in [0.717, 1.165) is 54.7 Å². The molecule has 4 atom stereocenters. The number of hydrogen-bond donors (Lipinski definition) is 15. The zero-order chi connectivity index (χ0) is 32.4. The van der Waals surface area contributed by atoms with Crippen LogP contribution in [0, 0.1) is 0 Å². The second-order valence-electron chi connectivity index (χ2n) is 10.7. The van der Waals surface area contributed by atoms with Gasteiger partial charge < -0.3 is 0 Å². The van der Waals surface area contributed by atoms with Gasteiger partial charge in [0.15, 0.2) is 0 Å². The molecule has 1 aliphatic carbocycles. The van der Waals surface area contributed by atoms with E-state index in [-0.39, 0.29) is 24.2 Å². The van der Waals surface area contributed by atoms with E-state index >= 15 is 0 Å². The number of hydrazine groups is 24. The van der Waals surface area contributed by atoms with Gasteiger partial charge in [0.25, 0.3) is 0 Å². The SMILES string of the molecule is NN(N)N(C1CCCCC2CC[C@@H](CCCCC(N(N(N)N)N(N)N)CC1)N(N(N)N)N(N)NN(N)N2N(N)N)N(N)N. The van der Waals surface area contributed by atoms with Gasteiger partial charge in [-0.05, 0) is 51.4 Å². The molecular weight excluding hydrogens is 570 g/mol. The van der Waals surface area contributed by atoms with Crippen molar-refractivity contribution >= 4 is 0 Å². The zero-order valence-corrected chi connectivity index (χ0v) is 24.7. The predicted molar refractivity (Wildman–Crippen MR) is 154 cm³/mol. The maximum absolute atomic E-state index is 6.28. The Morgan fingerprint density at radius 3 is 1.00 bits per heavy atom. The van der Waals surface area contributed by atoms with Crippen LogP contribution in [0.4, 0.5) is 0 Å². The van der Waals surface area contributed by atoms with Crippen LogP contribution in [-0.2, 0) is 0 Å². The number of nitrogens with one attached hydrogen (secondary N) is 1. The lowest BCUT2D eigenvalue weighted by Gasteiger charge is -2.42. The Morgan fingerprint density at radius 2 is 0.721 bits per heavy atom. The molecule has 0 aromatic carbocycles. The summed E-state index contributed by atoms with van der Waals surface area (Å²) in [6, 6.07) is -1.09. The monoisotopic (exact) mass is 628 g/mol. The quantitative estimate of drug-likeness (QED) is 0.0876. The number of nitrogens with zero attached hydrogens (tertiary/aromatic N) is 12. The number of hydrogen-bond acceptors (Lipinski definition) is 27. The van der Waals surface area contributed by atoms with E-state index in [0.29, 0.717) is 64.2 Å². The van der Waals surface area contributed by atoms with E-state index in [2.05, 4.69) is 5.53 Å². The third kappa shape index (κ3) is 11.0. The molecule has 0 radical (unpaired) electrons. The normalized spacial score (nSPS) is 28.3. The molecule has 3 unspecified atom stereocenters. The minimum Gasteiger partial charge on any atom is -0.239 e. The number of rotatable bonds is 8. The Morgan fingerprint density at radius 1 is 0.419 bits per heavy atom. The maximum Gasteiger partial charge on any atom is 0.0461 e. The molecule has 2 rings (SSSR count). The van der Waals surface area contributed by atoms with Gasteiger partial charge in [-0.3, -0.25) is 0 Å². The van der Waals surface area contributed by atoms with E-state index in [4.69, 9.17) is 81.8 Å². The van der Waals surface area contributed by atoms with Gasteiger partial charge in [-0.15, -0.1) is 26.0 Å². The van der Waals surface area contributed by atoms with Gasteiger partial charge in [0.05, 0.1) is 0 Å². The van der Waals surface area contributed by atoms with Gasteiger partial charge in [0.1, 0.15) is 0 Å². The lowest BCUT2D eigenvalue weighted by atomic mass is 9.93. The average Bonchev–Trinajstić information content (AvgIpc) is 2.91. The molecule has 1 aliphatic heterocycles. The standard InChI is InChI=1S/C16H57N27/c17-36(18)32(37(19)20)13-5-1-3-7-15-11-12-16(35(41(27)28)43(30)31-42(29)34(15)40(25)26)8-4-2-6-14(10-9-13)33(38(21)22)39(23)24/h13-16,31H,1-12,17-30H2/t13?,14?,15-,16?/m1/s1. The van der Waals surface area contributed by atoms with Crippen molar-refractivity contribution in [2.75, 3.05) is 0 Å². The van der Waals surface area contributed by atoms with Crippen molar-refractivity contribution in [2.24, 2.45) is 81.8 Å². The predicted octanol–water partition coefficient (Wildman–Crippen LogP) is -8.24. The first-order chi connectivity index (χ1) is 20.2. The summed E-state index contributed by atoms with van der Waals surface area (Å²) in [5.74, 6) is 83.6. The van der Waals surface area contributed by atoms with Gasteiger partial charge >= 0.3 is 0 Å². The Bertz CT molecular complexity index is 676. The molecule has 0 aromatic rings. The van der Waals surface area contributed by atoms with E-state index in [1.54, 1.807) is 0 Å². The summed E-state index contributed by atoms with van der Waals surface area (Å²) in [5, 5.41) is 12.9. The fourth-order valence-corrected chi connectivity index (χ4v) is 5.93. The van der Waals surface area contributed by atoms with Gasteiger partial charge in [-0.2, -0.15) is 0 Å². The van der Waals surface area contributed by atoms with Crippen molar-refractivity contribution in [3.8, 4) is 0 Å². The van der Waals surface area contributed by atoms with Crippen molar-refractivity contribution in [3.05, 3.63) is 0 Å². The van der Waals surface area contributed by atoms with Crippen LogP contribution < -0.4 is 87.3 Å². The Labute approximate surface area is 251 Å². The first-order valence-electron chi connectivity index (χ1n) is 14.0. The molecule has 256 valence electrons. The number of nitrogens with two attached hydrogens (primary N) is 14. The highest BCUT2D eigenvalue weighted by atomic mass is 16.2. The van der Waals surface area contributed by atoms with Gasteiger partial charge in [-0.25, -0.2) is 81.8 Å². The molecule has 0 aromatic heterocycles. The fraction of sp³-hybridized carbons (Fsp3) is 1.00. The van der Waals surface area contributed by atoms with Gasteiger partial charge in [-0.1, -0.05) is 67.5 Å². The molecule has 0 spiro atoms. The molecule has 43 heavy (non-hydrogen) atoms. The summed E-state index contributed by atoms with van der Waals surface area (Å²) >= 11 is 0. The fourth-order valence-electron chi connectivity index (χ4n) is 5.93. The lowest BCUT2D eigenvalue weighted by Crippen LogP contribution is -2.75. The van der Waals surface area contributed by atoms with Crippen molar-refractivity contribution in [2.45, 2.75) is 101 Å². The molecule has 29 N–H and O–H groups in total. The number of fused-ring (bicyclic) bond motifs is 3. The molecule has 2 aliphatic rings. The second-order valence-corrected chi connectivity index (χ2v) is 10.7. The highest BCUT2D eigenvalue weighted by molar-refractivity contribution is 4.78. The molecule has 1 saturated carbocycles. The highest BCUT2D eigenvalue weighted by Gasteiger charge is 2.36. The topological polar surface area (TPSA) is 415 Å². The zero-order valence-electron chi connectivity index (χ0n) is 24.7. The highest BCUT2D eigenvalue weighted by Crippen LogP contribution is 2.27. The first kappa shape index (κ1) is 38.1. The van der Waals surface area contributed by atoms with Crippen LogP contribution in [0.3, 0.4) is 0 Å². The molecule has 27 heteroatoms. The molecule has 1 saturated heterocycles. The van der Waals surface area contributed by atoms with Crippen molar-refractivity contribution < 1.29 is 0 Å². The molecular formula is C16H57N27. The third-order valence-electron chi connectivity index (χ3n) is 7.69. The van der Waals surface area contributed by atoms with E-state index in [9.17, 15) is 0 Å². The molecule has 0 amide bonds. The minimum atomic E-state index is -0.316. The smallest absolute Gasteiger partial charge is 0.0461 e. The second kappa shape index (κ2) is 18.2. The van der Waals surface area contributed by atoms with Crippen LogP contribution in [-0.4, -0.2) is 86.5 Å². The molecule has 1 heterocycles. The lowest BCUT2D eigenvalue weighted by molar-refractivity contribution is -0.323. The molecule has 27 nitrogen and oxygen atoms in total. The third-order valence-corrected chi connectivity index (χ3v) is 7.69. The van der Waals surface area contributed by atoms with Crippen LogP contribution in [0.15, 0.2) is 0 Å².